The monoisotopic (exact) mass is 377 g/mol. The summed E-state index contributed by atoms with van der Waals surface area (Å²) in [6.07, 6.45) is 0.750. The van der Waals surface area contributed by atoms with Gasteiger partial charge in [0.1, 0.15) is 12.1 Å². The van der Waals surface area contributed by atoms with Gasteiger partial charge in [0.05, 0.1) is 0 Å². The highest BCUT2D eigenvalue weighted by Gasteiger charge is 2.34. The lowest BCUT2D eigenvalue weighted by Gasteiger charge is -2.36. The minimum atomic E-state index is -1.05. The van der Waals surface area contributed by atoms with Gasteiger partial charge in [-0.25, -0.2) is 4.79 Å². The Kier molecular flexibility index (Phi) is 8.97. The van der Waals surface area contributed by atoms with Crippen LogP contribution in [-0.2, 0) is 27.3 Å². The summed E-state index contributed by atoms with van der Waals surface area (Å²) in [7, 11) is 0. The maximum atomic E-state index is 12.7. The number of rotatable bonds is 5. The number of hydrogen-bond donors (Lipinski definition) is 4. The van der Waals surface area contributed by atoms with Gasteiger partial charge in [-0.05, 0) is 23.5 Å². The summed E-state index contributed by atoms with van der Waals surface area (Å²) in [5, 5.41) is 25.9. The van der Waals surface area contributed by atoms with E-state index in [1.165, 1.54) is 11.8 Å². The van der Waals surface area contributed by atoms with E-state index in [0.717, 1.165) is 11.1 Å². The maximum absolute atomic E-state index is 12.7. The molecule has 1 unspecified atom stereocenters. The van der Waals surface area contributed by atoms with Crippen molar-refractivity contribution in [1.29, 1.82) is 0 Å². The summed E-state index contributed by atoms with van der Waals surface area (Å²) >= 11 is 0. The van der Waals surface area contributed by atoms with Crippen molar-refractivity contribution in [2.45, 2.75) is 52.2 Å². The molecule has 1 radical (unpaired) electrons. The van der Waals surface area contributed by atoms with Crippen LogP contribution < -0.4 is 5.32 Å². The van der Waals surface area contributed by atoms with E-state index in [0.29, 0.717) is 19.4 Å². The van der Waals surface area contributed by atoms with E-state index in [4.69, 9.17) is 10.0 Å². The lowest BCUT2D eigenvalue weighted by Crippen LogP contribution is -2.55. The smallest absolute Gasteiger partial charge is 0.480 e. The number of benzene rings is 1. The van der Waals surface area contributed by atoms with Crippen LogP contribution in [0, 0.1) is 5.92 Å². The number of nitrogens with one attached hydrogen (secondary N) is 1. The van der Waals surface area contributed by atoms with E-state index in [9.17, 15) is 19.5 Å². The average molecular weight is 377 g/mol. The summed E-state index contributed by atoms with van der Waals surface area (Å²) in [4.78, 5) is 37.5. The lowest BCUT2D eigenvalue weighted by molar-refractivity contribution is -0.145. The second-order valence-corrected chi connectivity index (χ2v) is 6.78. The van der Waals surface area contributed by atoms with Crippen LogP contribution in [0.5, 0.6) is 0 Å². The van der Waals surface area contributed by atoms with Crippen LogP contribution >= 0.6 is 0 Å². The highest BCUT2D eigenvalue weighted by Crippen LogP contribution is 2.23. The molecule has 9 heteroatoms. The second kappa shape index (κ2) is 10.7. The molecule has 1 aliphatic rings. The summed E-state index contributed by atoms with van der Waals surface area (Å²) in [6.45, 7) is 5.60. The zero-order valence-corrected chi connectivity index (χ0v) is 15.8. The standard InChI is InChI=1S/C18H24N2O4.BH2O2/c1-11(2)8-15(18(23)24)19-17(22)16-9-13-6-4-5-7-14(13)10-20(16)12(3)21;2-1-3/h4-7,11,15-16H,8-10H2,1-3H3,(H,19,22)(H,23,24);2-3H/t15-,16?;/m0./s1. The zero-order valence-electron chi connectivity index (χ0n) is 15.8. The van der Waals surface area contributed by atoms with Gasteiger partial charge in [-0.1, -0.05) is 38.1 Å². The Labute approximate surface area is 159 Å². The minimum absolute atomic E-state index is 0. The average Bonchev–Trinajstić information content (AvgIpc) is 2.60. The molecule has 2 amide bonds. The second-order valence-electron chi connectivity index (χ2n) is 6.78. The van der Waals surface area contributed by atoms with Crippen molar-refractivity contribution < 1.29 is 29.5 Å². The first-order valence-corrected chi connectivity index (χ1v) is 8.68. The highest BCUT2D eigenvalue weighted by atomic mass is 16.4. The molecule has 147 valence electrons. The number of aliphatic carboxylic acids is 1. The fourth-order valence-electron chi connectivity index (χ4n) is 3.05. The molecule has 0 saturated carbocycles. The fraction of sp³-hybridized carbons (Fsp3) is 0.500. The third kappa shape index (κ3) is 6.69. The number of carbonyl (C=O) groups is 3. The molecule has 0 saturated heterocycles. The Morgan fingerprint density at radius 3 is 2.26 bits per heavy atom. The Morgan fingerprint density at radius 2 is 1.78 bits per heavy atom. The van der Waals surface area contributed by atoms with Gasteiger partial charge in [0.2, 0.25) is 11.8 Å². The van der Waals surface area contributed by atoms with Crippen molar-refractivity contribution in [2.75, 3.05) is 0 Å². The van der Waals surface area contributed by atoms with E-state index in [-0.39, 0.29) is 19.5 Å². The summed E-state index contributed by atoms with van der Waals surface area (Å²) in [6, 6.07) is 6.07. The van der Waals surface area contributed by atoms with Gasteiger partial charge in [-0.15, -0.1) is 0 Å². The van der Waals surface area contributed by atoms with Crippen LogP contribution in [-0.4, -0.2) is 57.6 Å². The molecule has 27 heavy (non-hydrogen) atoms. The van der Waals surface area contributed by atoms with Crippen LogP contribution in [0.4, 0.5) is 0 Å². The molecule has 1 aromatic carbocycles. The molecule has 1 aromatic rings. The minimum Gasteiger partial charge on any atom is -0.480 e. The number of nitrogens with zero attached hydrogens (tertiary/aromatic N) is 1. The van der Waals surface area contributed by atoms with Gasteiger partial charge in [0.25, 0.3) is 0 Å². The largest absolute Gasteiger partial charge is 0.482 e. The first kappa shape index (κ1) is 22.7. The van der Waals surface area contributed by atoms with Crippen LogP contribution in [0.3, 0.4) is 0 Å². The van der Waals surface area contributed by atoms with Crippen LogP contribution in [0.1, 0.15) is 38.3 Å². The van der Waals surface area contributed by atoms with Crippen LogP contribution in [0.2, 0.25) is 0 Å². The van der Waals surface area contributed by atoms with E-state index in [2.05, 4.69) is 5.32 Å². The zero-order chi connectivity index (χ0) is 20.6. The third-order valence-corrected chi connectivity index (χ3v) is 4.28. The quantitative estimate of drug-likeness (QED) is 0.539. The van der Waals surface area contributed by atoms with Crippen LogP contribution in [0.15, 0.2) is 24.3 Å². The molecule has 0 fully saturated rings. The number of carboxylic acids is 1. The van der Waals surface area contributed by atoms with Gasteiger partial charge in [0, 0.05) is 19.9 Å². The molecule has 8 nitrogen and oxygen atoms in total. The Bertz CT molecular complexity index is 667. The molecule has 0 aliphatic carbocycles. The molecule has 1 heterocycles. The van der Waals surface area contributed by atoms with Gasteiger partial charge in [-0.3, -0.25) is 9.59 Å². The predicted octanol–water partition coefficient (Wildman–Crippen LogP) is 0.0805. The van der Waals surface area contributed by atoms with E-state index in [1.807, 2.05) is 38.1 Å². The molecule has 0 bridgehead atoms. The number of fused-ring (bicyclic) bond motifs is 1. The van der Waals surface area contributed by atoms with Gasteiger partial charge in [-0.2, -0.15) is 0 Å². The third-order valence-electron chi connectivity index (χ3n) is 4.28. The Hall–Kier alpha value is -2.39. The Morgan fingerprint density at radius 1 is 1.22 bits per heavy atom. The molecule has 4 N–H and O–H groups in total. The van der Waals surface area contributed by atoms with Crippen molar-refractivity contribution in [3.05, 3.63) is 35.4 Å². The van der Waals surface area contributed by atoms with Crippen molar-refractivity contribution >= 4 is 25.5 Å². The van der Waals surface area contributed by atoms with Crippen LogP contribution in [0.25, 0.3) is 0 Å². The SMILES string of the molecule is CC(=O)N1Cc2ccccc2CC1C(=O)N[C@@H](CC(C)C)C(=O)O.O[B]O. The molecule has 0 aromatic heterocycles. The number of carboxylic acid groups (broad SMARTS) is 1. The van der Waals surface area contributed by atoms with Gasteiger partial charge < -0.3 is 25.4 Å². The molecule has 0 spiro atoms. The number of carbonyl (C=O) groups excluding carboxylic acids is 2. The topological polar surface area (TPSA) is 127 Å². The van der Waals surface area contributed by atoms with E-state index in [1.54, 1.807) is 0 Å². The number of amides is 2. The molecule has 1 aliphatic heterocycles. The maximum Gasteiger partial charge on any atom is 0.482 e. The Balaban J connectivity index is 0.00000114. The molecule has 2 rings (SSSR count). The molecular weight excluding hydrogens is 351 g/mol. The predicted molar refractivity (Wildman–Crippen MR) is 99.4 cm³/mol. The molecule has 2 atom stereocenters. The normalized spacial score (nSPS) is 16.5. The van der Waals surface area contributed by atoms with Gasteiger partial charge in [0.15, 0.2) is 0 Å². The lowest BCUT2D eigenvalue weighted by atomic mass is 9.93. The summed E-state index contributed by atoms with van der Waals surface area (Å²) in [5.74, 6) is -1.52. The highest BCUT2D eigenvalue weighted by molar-refractivity contribution is 6.13. The van der Waals surface area contributed by atoms with E-state index >= 15 is 0 Å². The van der Waals surface area contributed by atoms with Crippen molar-refractivity contribution in [1.82, 2.24) is 10.2 Å². The van der Waals surface area contributed by atoms with Crippen molar-refractivity contribution in [3.8, 4) is 0 Å². The van der Waals surface area contributed by atoms with Crippen molar-refractivity contribution in [3.63, 3.8) is 0 Å². The number of hydrogen-bond acceptors (Lipinski definition) is 5. The fourth-order valence-corrected chi connectivity index (χ4v) is 3.05. The summed E-state index contributed by atoms with van der Waals surface area (Å²) < 4.78 is 0. The first-order valence-electron chi connectivity index (χ1n) is 8.68. The summed E-state index contributed by atoms with van der Waals surface area (Å²) in [5.41, 5.74) is 2.04. The molecular formula is C18H26BN2O6. The van der Waals surface area contributed by atoms with E-state index < -0.39 is 24.0 Å². The van der Waals surface area contributed by atoms with Crippen molar-refractivity contribution in [2.24, 2.45) is 5.92 Å². The van der Waals surface area contributed by atoms with Gasteiger partial charge >= 0.3 is 13.7 Å². The first-order chi connectivity index (χ1) is 12.7.